The Hall–Kier alpha value is 0.150. The number of hydrogen-bond donors (Lipinski definition) is 1. The molecule has 2 heterocycles. The maximum absolute atomic E-state index is 12.5. The van der Waals surface area contributed by atoms with E-state index in [4.69, 9.17) is 28.9 Å². The lowest BCUT2D eigenvalue weighted by molar-refractivity contribution is 0.243. The second-order valence-electron chi connectivity index (χ2n) is 4.81. The summed E-state index contributed by atoms with van der Waals surface area (Å²) in [5.41, 5.74) is 5.88. The molecule has 0 saturated carbocycles. The quantitative estimate of drug-likeness (QED) is 0.918. The van der Waals surface area contributed by atoms with Crippen molar-refractivity contribution in [2.75, 3.05) is 13.1 Å². The van der Waals surface area contributed by atoms with Gasteiger partial charge in [-0.05, 0) is 31.7 Å². The Morgan fingerprint density at radius 1 is 1.53 bits per heavy atom. The Balaban J connectivity index is 2.27. The van der Waals surface area contributed by atoms with Gasteiger partial charge in [-0.1, -0.05) is 23.2 Å². The molecule has 1 saturated heterocycles. The molecule has 8 heteroatoms. The lowest BCUT2D eigenvalue weighted by Gasteiger charge is -2.33. The molecule has 2 atom stereocenters. The molecule has 0 radical (unpaired) electrons. The summed E-state index contributed by atoms with van der Waals surface area (Å²) in [6.07, 6.45) is 1.78. The van der Waals surface area contributed by atoms with E-state index in [0.29, 0.717) is 17.4 Å². The second kappa shape index (κ2) is 5.87. The molecule has 0 spiro atoms. The van der Waals surface area contributed by atoms with E-state index in [2.05, 4.69) is 0 Å². The van der Waals surface area contributed by atoms with Crippen LogP contribution in [0.15, 0.2) is 11.0 Å². The summed E-state index contributed by atoms with van der Waals surface area (Å²) in [4.78, 5) is 0.106. The van der Waals surface area contributed by atoms with Crippen LogP contribution in [0.3, 0.4) is 0 Å². The zero-order valence-corrected chi connectivity index (χ0v) is 13.6. The van der Waals surface area contributed by atoms with Crippen LogP contribution in [-0.4, -0.2) is 31.9 Å². The monoisotopic (exact) mass is 342 g/mol. The van der Waals surface area contributed by atoms with Crippen LogP contribution in [0.2, 0.25) is 8.67 Å². The summed E-state index contributed by atoms with van der Waals surface area (Å²) >= 11 is 12.8. The number of nitrogens with two attached hydrogens (primary N) is 1. The van der Waals surface area contributed by atoms with Gasteiger partial charge in [-0.3, -0.25) is 0 Å². The third-order valence-electron chi connectivity index (χ3n) is 3.41. The Kier molecular flexibility index (Phi) is 4.80. The summed E-state index contributed by atoms with van der Waals surface area (Å²) in [7, 11) is -3.57. The third-order valence-corrected chi connectivity index (χ3v) is 7.03. The first kappa shape index (κ1) is 15.5. The van der Waals surface area contributed by atoms with Crippen LogP contribution in [0, 0.1) is 5.92 Å². The van der Waals surface area contributed by atoms with Gasteiger partial charge in [0.15, 0.2) is 0 Å². The average Bonchev–Trinajstić information content (AvgIpc) is 2.69. The smallest absolute Gasteiger partial charge is 0.245 e. The van der Waals surface area contributed by atoms with Crippen molar-refractivity contribution < 1.29 is 8.42 Å². The Bertz CT molecular complexity index is 557. The van der Waals surface area contributed by atoms with Crippen molar-refractivity contribution in [2.24, 2.45) is 11.7 Å². The van der Waals surface area contributed by atoms with Gasteiger partial charge < -0.3 is 5.73 Å². The largest absolute Gasteiger partial charge is 0.328 e. The predicted octanol–water partition coefficient (Wildman–Crippen LogP) is 2.80. The molecule has 19 heavy (non-hydrogen) atoms. The lowest BCUT2D eigenvalue weighted by Crippen LogP contribution is -2.44. The highest BCUT2D eigenvalue weighted by molar-refractivity contribution is 7.89. The fourth-order valence-corrected chi connectivity index (χ4v) is 5.91. The van der Waals surface area contributed by atoms with E-state index >= 15 is 0 Å². The molecule has 2 rings (SSSR count). The summed E-state index contributed by atoms with van der Waals surface area (Å²) in [6, 6.07) is 1.40. The molecule has 0 aliphatic carbocycles. The van der Waals surface area contributed by atoms with Crippen LogP contribution >= 0.6 is 34.5 Å². The van der Waals surface area contributed by atoms with E-state index in [9.17, 15) is 8.42 Å². The second-order valence-corrected chi connectivity index (χ2v) is 9.00. The highest BCUT2D eigenvalue weighted by Gasteiger charge is 2.33. The SMILES string of the molecule is CC(N)C1CCCN(S(=O)(=O)c2cc(Cl)sc2Cl)C1. The number of nitrogens with zero attached hydrogens (tertiary/aromatic N) is 1. The predicted molar refractivity (Wildman–Crippen MR) is 79.5 cm³/mol. The van der Waals surface area contributed by atoms with Gasteiger partial charge in [0.25, 0.3) is 0 Å². The molecule has 1 aliphatic heterocycles. The minimum Gasteiger partial charge on any atom is -0.328 e. The summed E-state index contributed by atoms with van der Waals surface area (Å²) < 4.78 is 27.1. The van der Waals surface area contributed by atoms with Crippen molar-refractivity contribution in [3.63, 3.8) is 0 Å². The number of halogens is 2. The van der Waals surface area contributed by atoms with E-state index in [1.807, 2.05) is 6.92 Å². The van der Waals surface area contributed by atoms with Crippen molar-refractivity contribution in [1.82, 2.24) is 4.31 Å². The molecule has 1 aromatic heterocycles. The third kappa shape index (κ3) is 3.25. The molecule has 108 valence electrons. The summed E-state index contributed by atoms with van der Waals surface area (Å²) in [5, 5.41) is 0. The zero-order valence-electron chi connectivity index (χ0n) is 10.5. The molecular weight excluding hydrogens is 327 g/mol. The molecule has 2 unspecified atom stereocenters. The van der Waals surface area contributed by atoms with Crippen molar-refractivity contribution in [3.8, 4) is 0 Å². The summed E-state index contributed by atoms with van der Waals surface area (Å²) in [5.74, 6) is 0.191. The number of sulfonamides is 1. The summed E-state index contributed by atoms with van der Waals surface area (Å²) in [6.45, 7) is 2.87. The first-order valence-corrected chi connectivity index (χ1v) is 9.04. The van der Waals surface area contributed by atoms with Gasteiger partial charge in [-0.15, -0.1) is 11.3 Å². The fraction of sp³-hybridized carbons (Fsp3) is 0.636. The highest BCUT2D eigenvalue weighted by Crippen LogP contribution is 2.36. The zero-order chi connectivity index (χ0) is 14.2. The Labute approximate surface area is 127 Å². The van der Waals surface area contributed by atoms with Gasteiger partial charge in [-0.25, -0.2) is 8.42 Å². The van der Waals surface area contributed by atoms with Crippen LogP contribution in [0.4, 0.5) is 0 Å². The molecule has 0 bridgehead atoms. The standard InChI is InChI=1S/C11H16Cl2N2O2S2/c1-7(14)8-3-2-4-15(6-8)19(16,17)9-5-10(12)18-11(9)13/h5,7-8H,2-4,6,14H2,1H3. The van der Waals surface area contributed by atoms with Gasteiger partial charge in [0, 0.05) is 19.1 Å². The first-order chi connectivity index (χ1) is 8.82. The number of piperidine rings is 1. The molecule has 0 aromatic carbocycles. The number of rotatable bonds is 3. The molecule has 1 fully saturated rings. The van der Waals surface area contributed by atoms with Crippen LogP contribution < -0.4 is 5.73 Å². The van der Waals surface area contributed by atoms with Crippen molar-refractivity contribution in [3.05, 3.63) is 14.7 Å². The maximum Gasteiger partial charge on any atom is 0.245 e. The normalized spacial score (nSPS) is 23.5. The molecule has 1 aliphatic rings. The fourth-order valence-electron chi connectivity index (χ4n) is 2.26. The first-order valence-electron chi connectivity index (χ1n) is 6.03. The average molecular weight is 343 g/mol. The molecule has 0 amide bonds. The molecule has 2 N–H and O–H groups in total. The van der Waals surface area contributed by atoms with Crippen molar-refractivity contribution >= 4 is 44.6 Å². The Morgan fingerprint density at radius 3 is 2.74 bits per heavy atom. The van der Waals surface area contributed by atoms with Crippen LogP contribution in [0.5, 0.6) is 0 Å². The van der Waals surface area contributed by atoms with Gasteiger partial charge in [0.05, 0.1) is 4.34 Å². The molecule has 1 aromatic rings. The van der Waals surface area contributed by atoms with Gasteiger partial charge in [0.1, 0.15) is 9.23 Å². The highest BCUT2D eigenvalue weighted by atomic mass is 35.5. The van der Waals surface area contributed by atoms with E-state index in [1.165, 1.54) is 10.4 Å². The number of thiophene rings is 1. The van der Waals surface area contributed by atoms with Crippen molar-refractivity contribution in [2.45, 2.75) is 30.7 Å². The maximum atomic E-state index is 12.5. The van der Waals surface area contributed by atoms with E-state index in [0.717, 1.165) is 24.2 Å². The Morgan fingerprint density at radius 2 is 2.21 bits per heavy atom. The topological polar surface area (TPSA) is 63.4 Å². The van der Waals surface area contributed by atoms with E-state index < -0.39 is 10.0 Å². The van der Waals surface area contributed by atoms with Crippen LogP contribution in [-0.2, 0) is 10.0 Å². The van der Waals surface area contributed by atoms with E-state index in [1.54, 1.807) is 0 Å². The van der Waals surface area contributed by atoms with Gasteiger partial charge in [0.2, 0.25) is 10.0 Å². The van der Waals surface area contributed by atoms with Gasteiger partial charge >= 0.3 is 0 Å². The minimum atomic E-state index is -3.57. The van der Waals surface area contributed by atoms with Crippen LogP contribution in [0.25, 0.3) is 0 Å². The van der Waals surface area contributed by atoms with Crippen molar-refractivity contribution in [1.29, 1.82) is 0 Å². The molecular formula is C11H16Cl2N2O2S2. The molecule has 4 nitrogen and oxygen atoms in total. The van der Waals surface area contributed by atoms with Gasteiger partial charge in [-0.2, -0.15) is 4.31 Å². The van der Waals surface area contributed by atoms with Crippen LogP contribution in [0.1, 0.15) is 19.8 Å². The van der Waals surface area contributed by atoms with E-state index in [-0.39, 0.29) is 21.2 Å². The minimum absolute atomic E-state index is 0.0143. The lowest BCUT2D eigenvalue weighted by atomic mass is 9.93. The number of hydrogen-bond acceptors (Lipinski definition) is 4.